The van der Waals surface area contributed by atoms with Gasteiger partial charge in [0.05, 0.1) is 5.52 Å². The summed E-state index contributed by atoms with van der Waals surface area (Å²) in [4.78, 5) is 2.41. The minimum Gasteiger partial charge on any atom is -0.344 e. The molecule has 11 rings (SSSR count). The van der Waals surface area contributed by atoms with E-state index in [2.05, 4.69) is 169 Å². The molecule has 0 spiro atoms. The molecule has 0 atom stereocenters. The molecule has 1 saturated carbocycles. The number of hydrogen-bond donors (Lipinski definition) is 0. The highest BCUT2D eigenvalue weighted by molar-refractivity contribution is 6.27. The number of rotatable bonds is 3. The molecule has 52 heavy (non-hydrogen) atoms. The van der Waals surface area contributed by atoms with Gasteiger partial charge in [0.2, 0.25) is 0 Å². The topological polar surface area (TPSA) is 8.17 Å². The van der Waals surface area contributed by atoms with Crippen LogP contribution in [0.4, 0.5) is 11.4 Å². The zero-order valence-corrected chi connectivity index (χ0v) is 29.7. The van der Waals surface area contributed by atoms with Crippen molar-refractivity contribution in [3.8, 4) is 22.3 Å². The Morgan fingerprint density at radius 3 is 1.98 bits per heavy atom. The van der Waals surface area contributed by atoms with Crippen molar-refractivity contribution in [1.82, 2.24) is 4.57 Å². The van der Waals surface area contributed by atoms with E-state index in [-0.39, 0.29) is 0 Å². The third-order valence-corrected chi connectivity index (χ3v) is 12.7. The highest BCUT2D eigenvalue weighted by atomic mass is 15.1. The Balaban J connectivity index is 0.995. The molecule has 2 heteroatoms. The number of anilines is 2. The lowest BCUT2D eigenvalue weighted by atomic mass is 9.75. The van der Waals surface area contributed by atoms with E-state index in [1.54, 1.807) is 0 Å². The molecular formula is C50H40N2. The van der Waals surface area contributed by atoms with Gasteiger partial charge in [-0.2, -0.15) is 0 Å². The zero-order chi connectivity index (χ0) is 34.5. The van der Waals surface area contributed by atoms with Crippen molar-refractivity contribution in [2.45, 2.75) is 37.5 Å². The summed E-state index contributed by atoms with van der Waals surface area (Å²) >= 11 is 0. The molecule has 1 aromatic heterocycles. The molecule has 1 aliphatic carbocycles. The van der Waals surface area contributed by atoms with Crippen LogP contribution in [0.15, 0.2) is 146 Å². The SMILES string of the molecule is CN1c2cc(-c3cccc4ccccc34)ccc2-c2cc3c(c4cccc1c24)c1ccc(C2CCC(c4cccc5ccccc45)CC2)cc1n3C. The molecule has 250 valence electrons. The van der Waals surface area contributed by atoms with E-state index < -0.39 is 0 Å². The maximum atomic E-state index is 2.52. The molecule has 0 N–H and O–H groups in total. The quantitative estimate of drug-likeness (QED) is 0.182. The molecule has 0 saturated heterocycles. The normalized spacial score (nSPS) is 17.1. The maximum absolute atomic E-state index is 2.52. The van der Waals surface area contributed by atoms with Crippen LogP contribution in [0.25, 0.3) is 76.4 Å². The molecule has 1 fully saturated rings. The number of benzene rings is 8. The predicted octanol–water partition coefficient (Wildman–Crippen LogP) is 13.6. The van der Waals surface area contributed by atoms with Gasteiger partial charge < -0.3 is 9.47 Å². The van der Waals surface area contributed by atoms with E-state index >= 15 is 0 Å². The van der Waals surface area contributed by atoms with Crippen LogP contribution in [0.1, 0.15) is 48.6 Å². The first-order valence-corrected chi connectivity index (χ1v) is 18.9. The molecule has 0 amide bonds. The maximum Gasteiger partial charge on any atom is 0.0501 e. The lowest BCUT2D eigenvalue weighted by Gasteiger charge is -2.31. The van der Waals surface area contributed by atoms with Crippen LogP contribution < -0.4 is 4.90 Å². The van der Waals surface area contributed by atoms with Crippen molar-refractivity contribution in [1.29, 1.82) is 0 Å². The first-order valence-electron chi connectivity index (χ1n) is 18.9. The summed E-state index contributed by atoms with van der Waals surface area (Å²) in [6.45, 7) is 0. The van der Waals surface area contributed by atoms with Gasteiger partial charge in [0.25, 0.3) is 0 Å². The van der Waals surface area contributed by atoms with Crippen LogP contribution in [0.3, 0.4) is 0 Å². The Labute approximate surface area is 304 Å². The van der Waals surface area contributed by atoms with Crippen LogP contribution in [-0.2, 0) is 7.05 Å². The second kappa shape index (κ2) is 11.3. The van der Waals surface area contributed by atoms with E-state index in [9.17, 15) is 0 Å². The third kappa shape index (κ3) is 4.30. The molecule has 1 aliphatic heterocycles. The molecule has 2 aliphatic rings. The summed E-state index contributed by atoms with van der Waals surface area (Å²) in [6, 6.07) is 54.9. The van der Waals surface area contributed by atoms with Gasteiger partial charge in [0.15, 0.2) is 0 Å². The Morgan fingerprint density at radius 1 is 0.442 bits per heavy atom. The van der Waals surface area contributed by atoms with Crippen molar-refractivity contribution in [3.05, 3.63) is 157 Å². The van der Waals surface area contributed by atoms with Gasteiger partial charge >= 0.3 is 0 Å². The van der Waals surface area contributed by atoms with Crippen LogP contribution in [0, 0.1) is 0 Å². The van der Waals surface area contributed by atoms with Gasteiger partial charge in [0, 0.05) is 52.7 Å². The fourth-order valence-electron chi connectivity index (χ4n) is 10.1. The van der Waals surface area contributed by atoms with E-state index in [1.807, 2.05) is 0 Å². The van der Waals surface area contributed by atoms with Crippen molar-refractivity contribution < 1.29 is 0 Å². The van der Waals surface area contributed by atoms with Crippen molar-refractivity contribution in [2.75, 3.05) is 11.9 Å². The monoisotopic (exact) mass is 668 g/mol. The molecule has 2 heterocycles. The average molecular weight is 669 g/mol. The Morgan fingerprint density at radius 2 is 1.13 bits per heavy atom. The number of hydrogen-bond acceptors (Lipinski definition) is 1. The van der Waals surface area contributed by atoms with Crippen LogP contribution in [0.5, 0.6) is 0 Å². The molecule has 9 aromatic rings. The summed E-state index contributed by atoms with van der Waals surface area (Å²) in [5, 5.41) is 10.8. The highest BCUT2D eigenvalue weighted by Crippen LogP contribution is 2.52. The summed E-state index contributed by atoms with van der Waals surface area (Å²) < 4.78 is 2.46. The summed E-state index contributed by atoms with van der Waals surface area (Å²) in [6.07, 6.45) is 4.97. The first kappa shape index (κ1) is 29.8. The fraction of sp³-hybridized carbons (Fsp3) is 0.160. The molecule has 8 aromatic carbocycles. The van der Waals surface area contributed by atoms with E-state index in [0.717, 1.165) is 0 Å². The van der Waals surface area contributed by atoms with Crippen molar-refractivity contribution in [3.63, 3.8) is 0 Å². The highest BCUT2D eigenvalue weighted by Gasteiger charge is 2.28. The second-order valence-corrected chi connectivity index (χ2v) is 15.3. The lowest BCUT2D eigenvalue weighted by Crippen LogP contribution is -2.15. The second-order valence-electron chi connectivity index (χ2n) is 15.3. The van der Waals surface area contributed by atoms with Gasteiger partial charge in [-0.3, -0.25) is 0 Å². The average Bonchev–Trinajstić information content (AvgIpc) is 3.49. The van der Waals surface area contributed by atoms with Crippen molar-refractivity contribution in [2.24, 2.45) is 7.05 Å². The molecular weight excluding hydrogens is 629 g/mol. The fourth-order valence-corrected chi connectivity index (χ4v) is 10.1. The van der Waals surface area contributed by atoms with Gasteiger partial charge in [-0.1, -0.05) is 121 Å². The van der Waals surface area contributed by atoms with E-state index in [4.69, 9.17) is 0 Å². The van der Waals surface area contributed by atoms with Crippen LogP contribution in [-0.4, -0.2) is 11.6 Å². The minimum atomic E-state index is 0.603. The van der Waals surface area contributed by atoms with E-state index in [1.165, 1.54) is 125 Å². The Bertz CT molecular complexity index is 2890. The van der Waals surface area contributed by atoms with E-state index in [0.29, 0.717) is 11.8 Å². The molecule has 0 unspecified atom stereocenters. The smallest absolute Gasteiger partial charge is 0.0501 e. The molecule has 2 nitrogen and oxygen atoms in total. The number of fused-ring (bicyclic) bond motifs is 8. The summed E-state index contributed by atoms with van der Waals surface area (Å²) in [5.41, 5.74) is 13.4. The molecule has 0 bridgehead atoms. The minimum absolute atomic E-state index is 0.603. The van der Waals surface area contributed by atoms with Gasteiger partial charge in [-0.15, -0.1) is 0 Å². The number of nitrogens with zero attached hydrogens (tertiary/aromatic N) is 2. The summed E-state index contributed by atoms with van der Waals surface area (Å²) in [7, 11) is 4.51. The van der Waals surface area contributed by atoms with Gasteiger partial charge in [-0.25, -0.2) is 0 Å². The Kier molecular flexibility index (Phi) is 6.49. The Hall–Kier alpha value is -5.86. The van der Waals surface area contributed by atoms with Gasteiger partial charge in [0.1, 0.15) is 0 Å². The first-order chi connectivity index (χ1) is 25.6. The lowest BCUT2D eigenvalue weighted by molar-refractivity contribution is 0.398. The van der Waals surface area contributed by atoms with Crippen LogP contribution >= 0.6 is 0 Å². The molecule has 0 radical (unpaired) electrons. The zero-order valence-electron chi connectivity index (χ0n) is 29.7. The predicted molar refractivity (Wildman–Crippen MR) is 222 cm³/mol. The summed E-state index contributed by atoms with van der Waals surface area (Å²) in [5.74, 6) is 1.24. The number of aryl methyl sites for hydroxylation is 1. The largest absolute Gasteiger partial charge is 0.344 e. The third-order valence-electron chi connectivity index (χ3n) is 12.7. The van der Waals surface area contributed by atoms with Crippen LogP contribution in [0.2, 0.25) is 0 Å². The van der Waals surface area contributed by atoms with Gasteiger partial charge in [-0.05, 0) is 117 Å². The van der Waals surface area contributed by atoms with Crippen molar-refractivity contribution >= 4 is 65.5 Å². The standard InChI is InChI=1S/C50H40N2/c1-51-45-19-9-18-43-49-42-27-24-35(31-20-22-34(23-21-31)39-16-7-12-32-10-3-5-14-37(32)39)28-47(42)52(2)48(49)30-44(50(43)45)41-26-25-36(29-46(41)51)40-17-8-13-33-11-4-6-15-38(33)40/h3-19,24-31,34H,20-23H2,1-2H3. The number of aromatic nitrogens is 1.